The quantitative estimate of drug-likeness (QED) is 0.867. The molecule has 24 heavy (non-hydrogen) atoms. The summed E-state index contributed by atoms with van der Waals surface area (Å²) in [6.07, 6.45) is 7.85. The van der Waals surface area contributed by atoms with Crippen LogP contribution < -0.4 is 4.74 Å². The molecule has 1 saturated heterocycles. The van der Waals surface area contributed by atoms with Crippen LogP contribution in [0.3, 0.4) is 0 Å². The van der Waals surface area contributed by atoms with Crippen molar-refractivity contribution in [1.29, 1.82) is 0 Å². The standard InChI is InChI=1S/C18H20N4O2/c1-23-16-4-2-14(3-5-16)12-22-13-15(11-19-22)17-10-18(21-20-17)6-8-24-9-7-18/h2-5,10-11,13H,6-9,12H2,1H3. The summed E-state index contributed by atoms with van der Waals surface area (Å²) in [5.41, 5.74) is 2.94. The fourth-order valence-electron chi connectivity index (χ4n) is 3.08. The number of aromatic nitrogens is 2. The van der Waals surface area contributed by atoms with Crippen LogP contribution in [-0.2, 0) is 11.3 Å². The summed E-state index contributed by atoms with van der Waals surface area (Å²) in [6.45, 7) is 2.21. The topological polar surface area (TPSA) is 61.0 Å². The van der Waals surface area contributed by atoms with E-state index in [-0.39, 0.29) is 5.54 Å². The lowest BCUT2D eigenvalue weighted by atomic mass is 9.90. The van der Waals surface area contributed by atoms with Gasteiger partial charge in [0, 0.05) is 37.8 Å². The highest BCUT2D eigenvalue weighted by Gasteiger charge is 2.34. The predicted molar refractivity (Wildman–Crippen MR) is 89.9 cm³/mol. The number of hydrogen-bond donors (Lipinski definition) is 0. The number of methoxy groups -OCH3 is 1. The number of nitrogens with zero attached hydrogens (tertiary/aromatic N) is 4. The van der Waals surface area contributed by atoms with E-state index in [1.165, 1.54) is 5.56 Å². The van der Waals surface area contributed by atoms with Gasteiger partial charge in [0.05, 0.1) is 25.5 Å². The van der Waals surface area contributed by atoms with Crippen molar-refractivity contribution in [3.8, 4) is 5.75 Å². The van der Waals surface area contributed by atoms with E-state index in [1.807, 2.05) is 41.3 Å². The Bertz CT molecular complexity index is 771. The molecule has 4 rings (SSSR count). The molecule has 2 aromatic rings. The lowest BCUT2D eigenvalue weighted by molar-refractivity contribution is 0.0681. The molecule has 0 aliphatic carbocycles. The molecule has 0 saturated carbocycles. The van der Waals surface area contributed by atoms with Gasteiger partial charge in [-0.3, -0.25) is 4.68 Å². The third-order valence-electron chi connectivity index (χ3n) is 4.55. The van der Waals surface area contributed by atoms with Gasteiger partial charge in [0.2, 0.25) is 0 Å². The first-order valence-corrected chi connectivity index (χ1v) is 8.16. The largest absolute Gasteiger partial charge is 0.497 e. The van der Waals surface area contributed by atoms with Crippen LogP contribution >= 0.6 is 0 Å². The molecule has 1 aromatic carbocycles. The molecule has 124 valence electrons. The molecule has 0 bridgehead atoms. The van der Waals surface area contributed by atoms with Crippen LogP contribution in [0.25, 0.3) is 5.70 Å². The maximum atomic E-state index is 5.43. The fourth-order valence-corrected chi connectivity index (χ4v) is 3.08. The number of hydrogen-bond acceptors (Lipinski definition) is 5. The monoisotopic (exact) mass is 324 g/mol. The van der Waals surface area contributed by atoms with Crippen molar-refractivity contribution in [1.82, 2.24) is 9.78 Å². The first-order valence-electron chi connectivity index (χ1n) is 8.16. The molecule has 6 heteroatoms. The second kappa shape index (κ2) is 6.20. The molecular weight excluding hydrogens is 304 g/mol. The van der Waals surface area contributed by atoms with Crippen molar-refractivity contribution in [2.45, 2.75) is 24.9 Å². The van der Waals surface area contributed by atoms with Crippen molar-refractivity contribution < 1.29 is 9.47 Å². The van der Waals surface area contributed by atoms with Gasteiger partial charge in [-0.1, -0.05) is 12.1 Å². The Morgan fingerprint density at radius 2 is 2.00 bits per heavy atom. The Hall–Kier alpha value is -2.47. The van der Waals surface area contributed by atoms with E-state index < -0.39 is 0 Å². The summed E-state index contributed by atoms with van der Waals surface area (Å²) < 4.78 is 12.5. The van der Waals surface area contributed by atoms with E-state index >= 15 is 0 Å². The van der Waals surface area contributed by atoms with Crippen LogP contribution in [0.2, 0.25) is 0 Å². The highest BCUT2D eigenvalue weighted by Crippen LogP contribution is 2.36. The average Bonchev–Trinajstić information content (AvgIpc) is 3.24. The summed E-state index contributed by atoms with van der Waals surface area (Å²) in [7, 11) is 1.67. The first kappa shape index (κ1) is 15.1. The molecular formula is C18H20N4O2. The lowest BCUT2D eigenvalue weighted by Gasteiger charge is -2.26. The Labute approximate surface area is 140 Å². The number of azo groups is 1. The van der Waals surface area contributed by atoms with E-state index in [4.69, 9.17) is 9.47 Å². The SMILES string of the molecule is COc1ccc(Cn2cc(C3=CC4(CCOCC4)N=N3)cn2)cc1. The fraction of sp³-hybridized carbons (Fsp3) is 0.389. The zero-order chi connectivity index (χ0) is 16.4. The van der Waals surface area contributed by atoms with Crippen molar-refractivity contribution in [3.63, 3.8) is 0 Å². The van der Waals surface area contributed by atoms with Gasteiger partial charge in [0.1, 0.15) is 11.3 Å². The summed E-state index contributed by atoms with van der Waals surface area (Å²) in [4.78, 5) is 0. The van der Waals surface area contributed by atoms with E-state index in [1.54, 1.807) is 7.11 Å². The molecule has 0 N–H and O–H groups in total. The number of rotatable bonds is 4. The van der Waals surface area contributed by atoms with E-state index in [0.717, 1.165) is 43.1 Å². The first-order chi connectivity index (χ1) is 11.8. The van der Waals surface area contributed by atoms with Crippen LogP contribution in [0.15, 0.2) is 53.0 Å². The molecule has 1 fully saturated rings. The maximum Gasteiger partial charge on any atom is 0.118 e. The smallest absolute Gasteiger partial charge is 0.118 e. The number of benzene rings is 1. The Kier molecular flexibility index (Phi) is 3.90. The molecule has 6 nitrogen and oxygen atoms in total. The zero-order valence-corrected chi connectivity index (χ0v) is 13.7. The van der Waals surface area contributed by atoms with Crippen molar-refractivity contribution in [2.24, 2.45) is 10.2 Å². The number of ether oxygens (including phenoxy) is 2. The third kappa shape index (κ3) is 2.97. The average molecular weight is 324 g/mol. The van der Waals surface area contributed by atoms with Crippen LogP contribution in [0.4, 0.5) is 0 Å². The van der Waals surface area contributed by atoms with E-state index in [9.17, 15) is 0 Å². The molecule has 0 unspecified atom stereocenters. The minimum absolute atomic E-state index is 0.161. The van der Waals surface area contributed by atoms with Gasteiger partial charge < -0.3 is 9.47 Å². The molecule has 3 heterocycles. The van der Waals surface area contributed by atoms with Crippen LogP contribution in [0.5, 0.6) is 5.75 Å². The molecule has 2 aliphatic rings. The molecule has 0 atom stereocenters. The Morgan fingerprint density at radius 1 is 1.21 bits per heavy atom. The second-order valence-electron chi connectivity index (χ2n) is 6.22. The second-order valence-corrected chi connectivity index (χ2v) is 6.22. The molecule has 2 aliphatic heterocycles. The van der Waals surface area contributed by atoms with E-state index in [0.29, 0.717) is 6.54 Å². The highest BCUT2D eigenvalue weighted by molar-refractivity contribution is 5.66. The summed E-state index contributed by atoms with van der Waals surface area (Å²) in [6, 6.07) is 8.02. The minimum Gasteiger partial charge on any atom is -0.497 e. The predicted octanol–water partition coefficient (Wildman–Crippen LogP) is 3.30. The van der Waals surface area contributed by atoms with Gasteiger partial charge in [-0.15, -0.1) is 0 Å². The summed E-state index contributed by atoms with van der Waals surface area (Å²) in [5, 5.41) is 13.3. The highest BCUT2D eigenvalue weighted by atomic mass is 16.5. The van der Waals surface area contributed by atoms with Gasteiger partial charge in [0.25, 0.3) is 0 Å². The molecule has 1 spiro atoms. The lowest BCUT2D eigenvalue weighted by Crippen LogP contribution is -2.30. The van der Waals surface area contributed by atoms with Crippen molar-refractivity contribution in [3.05, 3.63) is 53.9 Å². The zero-order valence-electron chi connectivity index (χ0n) is 13.7. The van der Waals surface area contributed by atoms with Crippen LogP contribution in [0, 0.1) is 0 Å². The Morgan fingerprint density at radius 3 is 2.75 bits per heavy atom. The van der Waals surface area contributed by atoms with Crippen LogP contribution in [0.1, 0.15) is 24.0 Å². The molecule has 0 radical (unpaired) electrons. The molecule has 0 amide bonds. The summed E-state index contributed by atoms with van der Waals surface area (Å²) in [5.74, 6) is 0.859. The maximum absolute atomic E-state index is 5.43. The minimum atomic E-state index is -0.161. The van der Waals surface area contributed by atoms with Crippen molar-refractivity contribution in [2.75, 3.05) is 20.3 Å². The normalized spacial score (nSPS) is 18.8. The Balaban J connectivity index is 1.48. The van der Waals surface area contributed by atoms with Gasteiger partial charge in [-0.25, -0.2) is 0 Å². The van der Waals surface area contributed by atoms with Gasteiger partial charge in [-0.2, -0.15) is 15.3 Å². The van der Waals surface area contributed by atoms with Gasteiger partial charge in [0.15, 0.2) is 0 Å². The van der Waals surface area contributed by atoms with Gasteiger partial charge >= 0.3 is 0 Å². The summed E-state index contributed by atoms with van der Waals surface area (Å²) >= 11 is 0. The van der Waals surface area contributed by atoms with Gasteiger partial charge in [-0.05, 0) is 23.8 Å². The van der Waals surface area contributed by atoms with Crippen molar-refractivity contribution >= 4 is 5.70 Å². The van der Waals surface area contributed by atoms with Crippen LogP contribution in [-0.4, -0.2) is 35.6 Å². The molecule has 1 aromatic heterocycles. The third-order valence-corrected chi connectivity index (χ3v) is 4.55. The van der Waals surface area contributed by atoms with E-state index in [2.05, 4.69) is 21.4 Å².